The van der Waals surface area contributed by atoms with E-state index in [1.165, 1.54) is 42.6 Å². The number of carbonyl (C=O) groups excluding carboxylic acids is 2. The van der Waals surface area contributed by atoms with Crippen molar-refractivity contribution in [3.05, 3.63) is 29.8 Å². The molecule has 2 N–H and O–H groups in total. The van der Waals surface area contributed by atoms with E-state index in [2.05, 4.69) is 34.9 Å². The molecule has 1 aromatic carbocycles. The van der Waals surface area contributed by atoms with Crippen LogP contribution in [0, 0.1) is 16.7 Å². The van der Waals surface area contributed by atoms with Gasteiger partial charge in [-0.25, -0.2) is 4.39 Å². The molecule has 5 fully saturated rings. The highest BCUT2D eigenvalue weighted by molar-refractivity contribution is 5.95. The summed E-state index contributed by atoms with van der Waals surface area (Å²) in [6.45, 7) is 0.133. The Morgan fingerprint density at radius 1 is 1.03 bits per heavy atom. The zero-order valence-corrected chi connectivity index (χ0v) is 20.5. The van der Waals surface area contributed by atoms with Crippen LogP contribution < -0.4 is 10.6 Å². The molecule has 188 valence electrons. The van der Waals surface area contributed by atoms with E-state index in [0.29, 0.717) is 5.92 Å². The molecule has 2 unspecified atom stereocenters. The fraction of sp³-hybridized carbons (Fsp3) is 0.679. The SMILES string of the molecule is N#CC1CC(F)CN1C(=O)CNC12CCC(C(=O)Nc3ccc(C4CCCCC4)cc3)(CC1)CC2. The summed E-state index contributed by atoms with van der Waals surface area (Å²) in [5, 5.41) is 15.8. The molecule has 7 heteroatoms. The van der Waals surface area contributed by atoms with Crippen LogP contribution in [0.2, 0.25) is 0 Å². The molecule has 1 aromatic rings. The molecule has 35 heavy (non-hydrogen) atoms. The third-order valence-electron chi connectivity index (χ3n) is 9.31. The van der Waals surface area contributed by atoms with E-state index in [1.807, 2.05) is 6.07 Å². The number of likely N-dealkylation sites (tertiary alicyclic amines) is 1. The molecule has 0 aromatic heterocycles. The van der Waals surface area contributed by atoms with Crippen LogP contribution in [0.3, 0.4) is 0 Å². The molecule has 2 bridgehead atoms. The summed E-state index contributed by atoms with van der Waals surface area (Å²) in [6.07, 6.45) is 10.5. The Kier molecular flexibility index (Phi) is 6.85. The van der Waals surface area contributed by atoms with Crippen LogP contribution in [0.5, 0.6) is 0 Å². The Hall–Kier alpha value is -2.46. The van der Waals surface area contributed by atoms with Gasteiger partial charge in [-0.05, 0) is 75.0 Å². The molecule has 1 saturated heterocycles. The van der Waals surface area contributed by atoms with Crippen LogP contribution in [-0.2, 0) is 9.59 Å². The van der Waals surface area contributed by atoms with E-state index in [1.54, 1.807) is 0 Å². The maximum Gasteiger partial charge on any atom is 0.237 e. The molecule has 5 aliphatic rings. The first-order valence-corrected chi connectivity index (χ1v) is 13.4. The summed E-state index contributed by atoms with van der Waals surface area (Å²) in [5.74, 6) is 0.573. The van der Waals surface area contributed by atoms with E-state index >= 15 is 0 Å². The van der Waals surface area contributed by atoms with Crippen LogP contribution >= 0.6 is 0 Å². The fourth-order valence-electron chi connectivity index (χ4n) is 6.88. The number of alkyl halides is 1. The number of rotatable bonds is 6. The quantitative estimate of drug-likeness (QED) is 0.611. The lowest BCUT2D eigenvalue weighted by atomic mass is 9.57. The Morgan fingerprint density at radius 3 is 2.31 bits per heavy atom. The van der Waals surface area contributed by atoms with Gasteiger partial charge in [-0.1, -0.05) is 31.4 Å². The van der Waals surface area contributed by atoms with Crippen molar-refractivity contribution in [3.63, 3.8) is 0 Å². The van der Waals surface area contributed by atoms with Crippen LogP contribution in [0.1, 0.15) is 88.5 Å². The maximum absolute atomic E-state index is 13.7. The summed E-state index contributed by atoms with van der Waals surface area (Å²) in [7, 11) is 0. The van der Waals surface area contributed by atoms with Crippen molar-refractivity contribution in [2.24, 2.45) is 5.41 Å². The minimum absolute atomic E-state index is 0.0106. The molecule has 1 aliphatic heterocycles. The van der Waals surface area contributed by atoms with E-state index < -0.39 is 12.2 Å². The van der Waals surface area contributed by atoms with Gasteiger partial charge in [0.15, 0.2) is 0 Å². The van der Waals surface area contributed by atoms with Crippen LogP contribution in [0.25, 0.3) is 0 Å². The molecule has 6 rings (SSSR count). The Labute approximate surface area is 207 Å². The molecule has 2 atom stereocenters. The first-order chi connectivity index (χ1) is 16.9. The topological polar surface area (TPSA) is 85.2 Å². The largest absolute Gasteiger partial charge is 0.326 e. The molecule has 4 saturated carbocycles. The first kappa shape index (κ1) is 24.2. The fourth-order valence-corrected chi connectivity index (χ4v) is 6.88. The summed E-state index contributed by atoms with van der Waals surface area (Å²) >= 11 is 0. The lowest BCUT2D eigenvalue weighted by Gasteiger charge is -2.52. The second kappa shape index (κ2) is 9.89. The molecule has 0 radical (unpaired) electrons. The van der Waals surface area contributed by atoms with Gasteiger partial charge < -0.3 is 15.5 Å². The Bertz CT molecular complexity index is 957. The molecule has 0 spiro atoms. The predicted molar refractivity (Wildman–Crippen MR) is 132 cm³/mol. The number of nitrogens with zero attached hydrogens (tertiary/aromatic N) is 2. The van der Waals surface area contributed by atoms with Crippen LogP contribution in [0.15, 0.2) is 24.3 Å². The number of nitrogens with one attached hydrogen (secondary N) is 2. The Morgan fingerprint density at radius 2 is 1.69 bits per heavy atom. The van der Waals surface area contributed by atoms with Crippen molar-refractivity contribution in [1.82, 2.24) is 10.2 Å². The second-order valence-corrected chi connectivity index (χ2v) is 11.3. The van der Waals surface area contributed by atoms with Crippen molar-refractivity contribution in [2.45, 2.75) is 101 Å². The smallest absolute Gasteiger partial charge is 0.237 e. The molecule has 1 heterocycles. The zero-order valence-electron chi connectivity index (χ0n) is 20.5. The first-order valence-electron chi connectivity index (χ1n) is 13.4. The van der Waals surface area contributed by atoms with Gasteiger partial charge in [0, 0.05) is 23.1 Å². The number of hydrogen-bond donors (Lipinski definition) is 2. The highest BCUT2D eigenvalue weighted by atomic mass is 19.1. The summed E-state index contributed by atoms with van der Waals surface area (Å²) in [6, 6.07) is 9.84. The van der Waals surface area contributed by atoms with Crippen molar-refractivity contribution in [2.75, 3.05) is 18.4 Å². The van der Waals surface area contributed by atoms with Gasteiger partial charge in [0.2, 0.25) is 11.8 Å². The predicted octanol–water partition coefficient (Wildman–Crippen LogP) is 4.82. The zero-order chi connectivity index (χ0) is 24.5. The van der Waals surface area contributed by atoms with E-state index in [-0.39, 0.29) is 42.3 Å². The number of hydrogen-bond acceptors (Lipinski definition) is 4. The van der Waals surface area contributed by atoms with Gasteiger partial charge >= 0.3 is 0 Å². The second-order valence-electron chi connectivity index (χ2n) is 11.3. The van der Waals surface area contributed by atoms with Gasteiger partial charge in [-0.3, -0.25) is 9.59 Å². The highest BCUT2D eigenvalue weighted by Crippen LogP contribution is 2.52. The summed E-state index contributed by atoms with van der Waals surface area (Å²) in [5.41, 5.74) is 1.78. The number of fused-ring (bicyclic) bond motifs is 3. The van der Waals surface area contributed by atoms with Gasteiger partial charge in [0.05, 0.1) is 19.2 Å². The van der Waals surface area contributed by atoms with Crippen molar-refractivity contribution in [1.29, 1.82) is 5.26 Å². The van der Waals surface area contributed by atoms with Crippen molar-refractivity contribution in [3.8, 4) is 6.07 Å². The van der Waals surface area contributed by atoms with Gasteiger partial charge in [-0.15, -0.1) is 0 Å². The standard InChI is InChI=1S/C28H37FN4O2/c29-22-16-24(17-30)33(19-22)25(34)18-31-28-13-10-27(11-14-28,12-15-28)26(35)32-23-8-6-21(7-9-23)20-4-2-1-3-5-20/h6-9,20,22,24,31H,1-5,10-16,18-19H2,(H,32,35). The third kappa shape index (κ3) is 4.95. The van der Waals surface area contributed by atoms with Crippen LogP contribution in [-0.4, -0.2) is 47.6 Å². The minimum Gasteiger partial charge on any atom is -0.326 e. The van der Waals surface area contributed by atoms with Gasteiger partial charge in [0.25, 0.3) is 0 Å². The lowest BCUT2D eigenvalue weighted by Crippen LogP contribution is -2.59. The van der Waals surface area contributed by atoms with Crippen molar-refractivity contribution < 1.29 is 14.0 Å². The monoisotopic (exact) mass is 480 g/mol. The lowest BCUT2D eigenvalue weighted by molar-refractivity contribution is -0.135. The Balaban J connectivity index is 1.13. The summed E-state index contributed by atoms with van der Waals surface area (Å²) < 4.78 is 13.7. The number of nitriles is 1. The normalized spacial score (nSPS) is 32.9. The molecule has 6 nitrogen and oxygen atoms in total. The minimum atomic E-state index is -1.12. The van der Waals surface area contributed by atoms with Crippen molar-refractivity contribution >= 4 is 17.5 Å². The molecular formula is C28H37FN4O2. The third-order valence-corrected chi connectivity index (χ3v) is 9.31. The number of carbonyl (C=O) groups is 2. The van der Waals surface area contributed by atoms with Gasteiger partial charge in [-0.2, -0.15) is 5.26 Å². The molecular weight excluding hydrogens is 443 g/mol. The summed E-state index contributed by atoms with van der Waals surface area (Å²) in [4.78, 5) is 27.3. The number of amides is 2. The maximum atomic E-state index is 13.7. The van der Waals surface area contributed by atoms with E-state index in [0.717, 1.165) is 44.2 Å². The van der Waals surface area contributed by atoms with Gasteiger partial charge in [0.1, 0.15) is 12.2 Å². The molecule has 2 amide bonds. The number of halogens is 1. The molecule has 4 aliphatic carbocycles. The van der Waals surface area contributed by atoms with E-state index in [4.69, 9.17) is 0 Å². The van der Waals surface area contributed by atoms with E-state index in [9.17, 15) is 19.2 Å². The average molecular weight is 481 g/mol. The van der Waals surface area contributed by atoms with Crippen LogP contribution in [0.4, 0.5) is 10.1 Å². The highest BCUT2D eigenvalue weighted by Gasteiger charge is 2.52. The average Bonchev–Trinajstić information content (AvgIpc) is 3.30. The number of anilines is 1. The number of benzene rings is 1.